The summed E-state index contributed by atoms with van der Waals surface area (Å²) in [5.41, 5.74) is 1.34. The summed E-state index contributed by atoms with van der Waals surface area (Å²) in [6.45, 7) is -0.0473. The molecule has 1 aliphatic rings. The first-order chi connectivity index (χ1) is 20.4. The van der Waals surface area contributed by atoms with Gasteiger partial charge >= 0.3 is 12.1 Å². The highest BCUT2D eigenvalue weighted by molar-refractivity contribution is 7.93. The fourth-order valence-corrected chi connectivity index (χ4v) is 6.64. The molecule has 0 aromatic heterocycles. The molecule has 43 heavy (non-hydrogen) atoms. The summed E-state index contributed by atoms with van der Waals surface area (Å²) in [7, 11) is -2.92. The summed E-state index contributed by atoms with van der Waals surface area (Å²) in [5, 5.41) is 12.0. The number of methoxy groups -OCH3 is 1. The number of carboxylic acids is 1. The standard InChI is InChI=1S/C31H25F3N2O6S/c1-42-28-17-22(30(38)39)9-10-23(28)18-35-29(37)27-16-21-5-2-3-8-26(21)36(27)43(40,41)25-13-11-19(12-14-25)20-6-4-7-24(15-20)31(32,33)34/h2-15,17,27H,16,18H2,1H3,(H,35,37)(H,38,39)/t27-/m0/s1. The highest BCUT2D eigenvalue weighted by Gasteiger charge is 2.42. The van der Waals surface area contributed by atoms with Crippen molar-refractivity contribution in [2.75, 3.05) is 11.4 Å². The first kappa shape index (κ1) is 29.6. The topological polar surface area (TPSA) is 113 Å². The number of amides is 1. The van der Waals surface area contributed by atoms with Crippen LogP contribution < -0.4 is 14.4 Å². The van der Waals surface area contributed by atoms with E-state index >= 15 is 0 Å². The van der Waals surface area contributed by atoms with Gasteiger partial charge < -0.3 is 15.2 Å². The SMILES string of the molecule is COc1cc(C(=O)O)ccc1CNC(=O)[C@@H]1Cc2ccccc2N1S(=O)(=O)c1ccc(-c2cccc(C(F)(F)F)c2)cc1. The van der Waals surface area contributed by atoms with Crippen LogP contribution in [0, 0.1) is 0 Å². The van der Waals surface area contributed by atoms with E-state index in [4.69, 9.17) is 4.74 Å². The van der Waals surface area contributed by atoms with Gasteiger partial charge in [-0.1, -0.05) is 48.5 Å². The van der Waals surface area contributed by atoms with Gasteiger partial charge in [-0.15, -0.1) is 0 Å². The highest BCUT2D eigenvalue weighted by atomic mass is 32.2. The molecule has 0 saturated carbocycles. The second-order valence-corrected chi connectivity index (χ2v) is 11.6. The lowest BCUT2D eigenvalue weighted by Gasteiger charge is -2.26. The van der Waals surface area contributed by atoms with Gasteiger partial charge in [-0.05, 0) is 59.2 Å². The number of carbonyl (C=O) groups is 2. The van der Waals surface area contributed by atoms with Crippen molar-refractivity contribution in [2.24, 2.45) is 0 Å². The molecule has 222 valence electrons. The van der Waals surface area contributed by atoms with Gasteiger partial charge in [0.25, 0.3) is 10.0 Å². The normalized spacial score (nSPS) is 14.7. The summed E-state index contributed by atoms with van der Waals surface area (Å²) in [6, 6.07) is 20.0. The second kappa shape index (κ2) is 11.4. The van der Waals surface area contributed by atoms with Crippen molar-refractivity contribution < 1.29 is 41.0 Å². The number of para-hydroxylation sites is 1. The molecule has 0 aliphatic carbocycles. The Bertz CT molecular complexity index is 1810. The van der Waals surface area contributed by atoms with Crippen LogP contribution in [0.3, 0.4) is 0 Å². The predicted molar refractivity (Wildman–Crippen MR) is 152 cm³/mol. The van der Waals surface area contributed by atoms with Gasteiger partial charge in [0, 0.05) is 18.5 Å². The summed E-state index contributed by atoms with van der Waals surface area (Å²) in [5.74, 6) is -1.47. The average molecular weight is 611 g/mol. The van der Waals surface area contributed by atoms with Crippen molar-refractivity contribution in [2.45, 2.75) is 30.1 Å². The third-order valence-electron chi connectivity index (χ3n) is 7.15. The number of hydrogen-bond donors (Lipinski definition) is 2. The van der Waals surface area contributed by atoms with E-state index in [2.05, 4.69) is 5.32 Å². The van der Waals surface area contributed by atoms with E-state index in [1.165, 1.54) is 61.7 Å². The third-order valence-corrected chi connectivity index (χ3v) is 8.99. The van der Waals surface area contributed by atoms with Crippen LogP contribution in [-0.4, -0.2) is 38.6 Å². The molecule has 8 nitrogen and oxygen atoms in total. The number of rotatable bonds is 8. The smallest absolute Gasteiger partial charge is 0.416 e. The third kappa shape index (κ3) is 5.91. The molecule has 1 aliphatic heterocycles. The molecule has 4 aromatic rings. The van der Waals surface area contributed by atoms with Crippen molar-refractivity contribution in [3.63, 3.8) is 0 Å². The van der Waals surface area contributed by atoms with E-state index in [0.717, 1.165) is 16.4 Å². The molecule has 5 rings (SSSR count). The number of nitrogens with zero attached hydrogens (tertiary/aromatic N) is 1. The average Bonchev–Trinajstić information content (AvgIpc) is 3.40. The van der Waals surface area contributed by atoms with Crippen LogP contribution in [0.5, 0.6) is 5.75 Å². The zero-order valence-corrected chi connectivity index (χ0v) is 23.4. The maximum atomic E-state index is 13.9. The van der Waals surface area contributed by atoms with Crippen molar-refractivity contribution in [3.8, 4) is 16.9 Å². The van der Waals surface area contributed by atoms with Gasteiger partial charge in [0.05, 0.1) is 28.8 Å². The number of alkyl halides is 3. The van der Waals surface area contributed by atoms with E-state index in [1.807, 2.05) is 0 Å². The van der Waals surface area contributed by atoms with Crippen molar-refractivity contribution in [3.05, 3.63) is 113 Å². The first-order valence-electron chi connectivity index (χ1n) is 13.0. The first-order valence-corrected chi connectivity index (χ1v) is 14.4. The number of hydrogen-bond acceptors (Lipinski definition) is 5. The molecule has 0 fully saturated rings. The maximum absolute atomic E-state index is 13.9. The number of aromatic carboxylic acids is 1. The molecular formula is C31H25F3N2O6S. The van der Waals surface area contributed by atoms with Crippen LogP contribution in [0.2, 0.25) is 0 Å². The van der Waals surface area contributed by atoms with Gasteiger partial charge in [0.15, 0.2) is 0 Å². The largest absolute Gasteiger partial charge is 0.496 e. The number of sulfonamides is 1. The van der Waals surface area contributed by atoms with Crippen LogP contribution in [0.25, 0.3) is 11.1 Å². The van der Waals surface area contributed by atoms with Gasteiger partial charge in [0.2, 0.25) is 5.91 Å². The number of anilines is 1. The molecular weight excluding hydrogens is 585 g/mol. The number of fused-ring (bicyclic) bond motifs is 1. The summed E-state index contributed by atoms with van der Waals surface area (Å²) < 4.78 is 73.8. The molecule has 2 N–H and O–H groups in total. The molecule has 0 bridgehead atoms. The highest BCUT2D eigenvalue weighted by Crippen LogP contribution is 2.38. The van der Waals surface area contributed by atoms with E-state index in [1.54, 1.807) is 24.3 Å². The molecule has 0 unspecified atom stereocenters. The van der Waals surface area contributed by atoms with Crippen molar-refractivity contribution >= 4 is 27.6 Å². The predicted octanol–water partition coefficient (Wildman–Crippen LogP) is 5.52. The number of ether oxygens (including phenoxy) is 1. The number of carbonyl (C=O) groups excluding carboxylic acids is 1. The summed E-state index contributed by atoms with van der Waals surface area (Å²) in [4.78, 5) is 24.6. The Kier molecular flexibility index (Phi) is 7.89. The Morgan fingerprint density at radius 2 is 1.67 bits per heavy atom. The lowest BCUT2D eigenvalue weighted by molar-refractivity contribution is -0.137. The molecule has 0 saturated heterocycles. The molecule has 1 atom stereocenters. The Morgan fingerprint density at radius 3 is 2.35 bits per heavy atom. The number of carboxylic acid groups (broad SMARTS) is 1. The zero-order chi connectivity index (χ0) is 30.9. The van der Waals surface area contributed by atoms with Gasteiger partial charge in [-0.3, -0.25) is 9.10 Å². The minimum absolute atomic E-state index is 0.00881. The van der Waals surface area contributed by atoms with E-state index in [-0.39, 0.29) is 34.7 Å². The summed E-state index contributed by atoms with van der Waals surface area (Å²) >= 11 is 0. The van der Waals surface area contributed by atoms with Crippen molar-refractivity contribution in [1.82, 2.24) is 5.32 Å². The number of benzene rings is 4. The van der Waals surface area contributed by atoms with Crippen molar-refractivity contribution in [1.29, 1.82) is 0 Å². The van der Waals surface area contributed by atoms with Crippen LogP contribution in [0.1, 0.15) is 27.0 Å². The minimum Gasteiger partial charge on any atom is -0.496 e. The molecule has 12 heteroatoms. The Morgan fingerprint density at radius 1 is 0.953 bits per heavy atom. The van der Waals surface area contributed by atoms with Crippen LogP contribution in [0.15, 0.2) is 95.9 Å². The quantitative estimate of drug-likeness (QED) is 0.272. The van der Waals surface area contributed by atoms with E-state index in [0.29, 0.717) is 22.4 Å². The molecule has 0 radical (unpaired) electrons. The monoisotopic (exact) mass is 610 g/mol. The minimum atomic E-state index is -4.52. The Hall–Kier alpha value is -4.84. The molecule has 1 heterocycles. The van der Waals surface area contributed by atoms with Gasteiger partial charge in [-0.2, -0.15) is 13.2 Å². The van der Waals surface area contributed by atoms with Crippen LogP contribution in [0.4, 0.5) is 18.9 Å². The molecule has 0 spiro atoms. The van der Waals surface area contributed by atoms with E-state index in [9.17, 15) is 36.3 Å². The lowest BCUT2D eigenvalue weighted by Crippen LogP contribution is -2.47. The van der Waals surface area contributed by atoms with Gasteiger partial charge in [-0.25, -0.2) is 13.2 Å². The fourth-order valence-electron chi connectivity index (χ4n) is 4.99. The maximum Gasteiger partial charge on any atom is 0.416 e. The second-order valence-electron chi connectivity index (χ2n) is 9.80. The Labute approximate surface area is 245 Å². The van der Waals surface area contributed by atoms with Crippen LogP contribution >= 0.6 is 0 Å². The van der Waals surface area contributed by atoms with E-state index < -0.39 is 39.7 Å². The lowest BCUT2D eigenvalue weighted by atomic mass is 10.0. The number of halogens is 3. The number of nitrogens with one attached hydrogen (secondary N) is 1. The molecule has 4 aromatic carbocycles. The van der Waals surface area contributed by atoms with Crippen LogP contribution in [-0.2, 0) is 34.0 Å². The molecule has 1 amide bonds. The fraction of sp³-hybridized carbons (Fsp3) is 0.161. The van der Waals surface area contributed by atoms with Gasteiger partial charge in [0.1, 0.15) is 11.8 Å². The zero-order valence-electron chi connectivity index (χ0n) is 22.6. The Balaban J connectivity index is 1.42. The summed E-state index contributed by atoms with van der Waals surface area (Å²) in [6.07, 6.45) is -4.41.